The average molecular weight is 248 g/mol. The van der Waals surface area contributed by atoms with E-state index in [2.05, 4.69) is 10.6 Å². The number of urea groups is 1. The number of benzene rings is 1. The van der Waals surface area contributed by atoms with E-state index in [0.29, 0.717) is 18.8 Å². The van der Waals surface area contributed by atoms with Gasteiger partial charge in [-0.2, -0.15) is 0 Å². The molecule has 0 aliphatic carbocycles. The minimum atomic E-state index is -0.547. The van der Waals surface area contributed by atoms with Gasteiger partial charge in [-0.3, -0.25) is 9.69 Å². The van der Waals surface area contributed by atoms with Gasteiger partial charge in [-0.25, -0.2) is 4.79 Å². The van der Waals surface area contributed by atoms with Crippen LogP contribution in [-0.2, 0) is 4.79 Å². The summed E-state index contributed by atoms with van der Waals surface area (Å²) in [5.41, 5.74) is 6.93. The van der Waals surface area contributed by atoms with Crippen molar-refractivity contribution in [1.29, 1.82) is 0 Å². The van der Waals surface area contributed by atoms with Crippen LogP contribution in [-0.4, -0.2) is 31.1 Å². The maximum atomic E-state index is 11.5. The van der Waals surface area contributed by atoms with Gasteiger partial charge in [0.25, 0.3) is 0 Å². The standard InChI is InChI=1S/C12H16N4O2/c1-8(13)11(17)15-9-2-4-10(5-3-9)16-7-6-14-12(16)18/h2-5,8H,6-7,13H2,1H3,(H,14,18)(H,15,17)/t8-/m1/s1. The Bertz CT molecular complexity index is 456. The minimum Gasteiger partial charge on any atom is -0.336 e. The third kappa shape index (κ3) is 2.60. The number of nitrogens with two attached hydrogens (primary N) is 1. The van der Waals surface area contributed by atoms with Crippen LogP contribution in [0.4, 0.5) is 16.2 Å². The fourth-order valence-electron chi connectivity index (χ4n) is 1.70. The van der Waals surface area contributed by atoms with Crippen molar-refractivity contribution in [3.05, 3.63) is 24.3 Å². The maximum Gasteiger partial charge on any atom is 0.321 e. The molecule has 1 aromatic carbocycles. The summed E-state index contributed by atoms with van der Waals surface area (Å²) >= 11 is 0. The van der Waals surface area contributed by atoms with Crippen molar-refractivity contribution < 1.29 is 9.59 Å². The van der Waals surface area contributed by atoms with Gasteiger partial charge in [0.2, 0.25) is 5.91 Å². The number of amides is 3. The first kappa shape index (κ1) is 12.4. The fraction of sp³-hybridized carbons (Fsp3) is 0.333. The van der Waals surface area contributed by atoms with E-state index in [0.717, 1.165) is 5.69 Å². The molecule has 18 heavy (non-hydrogen) atoms. The summed E-state index contributed by atoms with van der Waals surface area (Å²) < 4.78 is 0. The van der Waals surface area contributed by atoms with Gasteiger partial charge in [0.05, 0.1) is 6.04 Å². The SMILES string of the molecule is C[C@@H](N)C(=O)Nc1ccc(N2CCNC2=O)cc1. The van der Waals surface area contributed by atoms with Crippen LogP contribution in [0.1, 0.15) is 6.92 Å². The predicted molar refractivity (Wildman–Crippen MR) is 69.5 cm³/mol. The van der Waals surface area contributed by atoms with E-state index in [9.17, 15) is 9.59 Å². The molecular weight excluding hydrogens is 232 g/mol. The predicted octanol–water partition coefficient (Wildman–Crippen LogP) is 0.502. The second-order valence-electron chi connectivity index (χ2n) is 4.21. The molecule has 0 saturated carbocycles. The van der Waals surface area contributed by atoms with Crippen LogP contribution in [0.5, 0.6) is 0 Å². The normalized spacial score (nSPS) is 16.3. The van der Waals surface area contributed by atoms with Crippen LogP contribution in [0.15, 0.2) is 24.3 Å². The lowest BCUT2D eigenvalue weighted by atomic mass is 10.2. The molecule has 6 nitrogen and oxygen atoms in total. The summed E-state index contributed by atoms with van der Waals surface area (Å²) in [6.45, 7) is 2.94. The number of carbonyl (C=O) groups is 2. The van der Waals surface area contributed by atoms with Crippen LogP contribution in [0.3, 0.4) is 0 Å². The molecule has 1 aliphatic rings. The summed E-state index contributed by atoms with van der Waals surface area (Å²) in [4.78, 5) is 24.5. The van der Waals surface area contributed by atoms with Crippen LogP contribution in [0.2, 0.25) is 0 Å². The highest BCUT2D eigenvalue weighted by molar-refractivity contribution is 5.96. The molecule has 6 heteroatoms. The molecule has 1 atom stereocenters. The monoisotopic (exact) mass is 248 g/mol. The topological polar surface area (TPSA) is 87.5 Å². The van der Waals surface area contributed by atoms with Gasteiger partial charge in [-0.15, -0.1) is 0 Å². The first-order valence-electron chi connectivity index (χ1n) is 5.80. The van der Waals surface area contributed by atoms with Crippen molar-refractivity contribution >= 4 is 23.3 Å². The van der Waals surface area contributed by atoms with Crippen molar-refractivity contribution in [3.63, 3.8) is 0 Å². The summed E-state index contributed by atoms with van der Waals surface area (Å²) in [6, 6.07) is 6.45. The number of anilines is 2. The molecule has 1 heterocycles. The van der Waals surface area contributed by atoms with Crippen LogP contribution in [0.25, 0.3) is 0 Å². The molecule has 96 valence electrons. The largest absolute Gasteiger partial charge is 0.336 e. The number of carbonyl (C=O) groups excluding carboxylic acids is 2. The number of nitrogens with one attached hydrogen (secondary N) is 2. The molecule has 0 aromatic heterocycles. The Morgan fingerprint density at radius 3 is 2.61 bits per heavy atom. The summed E-state index contributed by atoms with van der Waals surface area (Å²) in [5.74, 6) is -0.235. The molecule has 1 fully saturated rings. The van der Waals surface area contributed by atoms with Crippen molar-refractivity contribution in [3.8, 4) is 0 Å². The highest BCUT2D eigenvalue weighted by atomic mass is 16.2. The lowest BCUT2D eigenvalue weighted by molar-refractivity contribution is -0.117. The molecule has 0 bridgehead atoms. The number of hydrogen-bond donors (Lipinski definition) is 3. The molecule has 1 saturated heterocycles. The Balaban J connectivity index is 2.06. The first-order valence-corrected chi connectivity index (χ1v) is 5.80. The smallest absolute Gasteiger partial charge is 0.321 e. The number of rotatable bonds is 3. The molecule has 0 unspecified atom stereocenters. The van der Waals surface area contributed by atoms with Crippen molar-refractivity contribution in [2.24, 2.45) is 5.73 Å². The molecule has 4 N–H and O–H groups in total. The van der Waals surface area contributed by atoms with Gasteiger partial charge in [-0.1, -0.05) is 0 Å². The summed E-state index contributed by atoms with van der Waals surface area (Å²) in [6.07, 6.45) is 0. The fourth-order valence-corrected chi connectivity index (χ4v) is 1.70. The van der Waals surface area contributed by atoms with Crippen LogP contribution in [0, 0.1) is 0 Å². The van der Waals surface area contributed by atoms with E-state index in [1.807, 2.05) is 0 Å². The van der Waals surface area contributed by atoms with Gasteiger partial charge < -0.3 is 16.4 Å². The molecule has 0 radical (unpaired) electrons. The third-order valence-corrected chi connectivity index (χ3v) is 2.72. The minimum absolute atomic E-state index is 0.0950. The Labute approximate surface area is 105 Å². The van der Waals surface area contributed by atoms with Gasteiger partial charge in [-0.05, 0) is 31.2 Å². The lowest BCUT2D eigenvalue weighted by Crippen LogP contribution is -2.32. The van der Waals surface area contributed by atoms with Crippen molar-refractivity contribution in [2.75, 3.05) is 23.3 Å². The van der Waals surface area contributed by atoms with Crippen LogP contribution >= 0.6 is 0 Å². The van der Waals surface area contributed by atoms with E-state index in [1.165, 1.54) is 0 Å². The van der Waals surface area contributed by atoms with Gasteiger partial charge in [0.1, 0.15) is 0 Å². The zero-order valence-corrected chi connectivity index (χ0v) is 10.1. The van der Waals surface area contributed by atoms with Crippen LogP contribution < -0.4 is 21.3 Å². The van der Waals surface area contributed by atoms with E-state index in [4.69, 9.17) is 5.73 Å². The highest BCUT2D eigenvalue weighted by Gasteiger charge is 2.20. The Morgan fingerprint density at radius 2 is 2.11 bits per heavy atom. The molecular formula is C12H16N4O2. The van der Waals surface area contributed by atoms with E-state index < -0.39 is 6.04 Å². The third-order valence-electron chi connectivity index (χ3n) is 2.72. The quantitative estimate of drug-likeness (QED) is 0.728. The van der Waals surface area contributed by atoms with Gasteiger partial charge >= 0.3 is 6.03 Å². The van der Waals surface area contributed by atoms with Crippen molar-refractivity contribution in [2.45, 2.75) is 13.0 Å². The molecule has 1 aliphatic heterocycles. The zero-order chi connectivity index (χ0) is 13.1. The number of hydrogen-bond acceptors (Lipinski definition) is 3. The number of nitrogens with zero attached hydrogens (tertiary/aromatic N) is 1. The highest BCUT2D eigenvalue weighted by Crippen LogP contribution is 2.19. The first-order chi connectivity index (χ1) is 8.58. The zero-order valence-electron chi connectivity index (χ0n) is 10.1. The average Bonchev–Trinajstić information content (AvgIpc) is 2.76. The Morgan fingerprint density at radius 1 is 1.44 bits per heavy atom. The Kier molecular flexibility index (Phi) is 3.47. The lowest BCUT2D eigenvalue weighted by Gasteiger charge is -2.15. The van der Waals surface area contributed by atoms with E-state index >= 15 is 0 Å². The van der Waals surface area contributed by atoms with Gasteiger partial charge in [0.15, 0.2) is 0 Å². The summed E-state index contributed by atoms with van der Waals surface area (Å²) in [7, 11) is 0. The molecule has 1 aromatic rings. The summed E-state index contributed by atoms with van der Waals surface area (Å²) in [5, 5.41) is 5.42. The van der Waals surface area contributed by atoms with E-state index in [-0.39, 0.29) is 11.9 Å². The van der Waals surface area contributed by atoms with Gasteiger partial charge in [0, 0.05) is 24.5 Å². The van der Waals surface area contributed by atoms with Crippen molar-refractivity contribution in [1.82, 2.24) is 5.32 Å². The van der Waals surface area contributed by atoms with E-state index in [1.54, 1.807) is 36.1 Å². The maximum absolute atomic E-state index is 11.5. The second-order valence-corrected chi connectivity index (χ2v) is 4.21. The Hall–Kier alpha value is -2.08. The second kappa shape index (κ2) is 5.05. The molecule has 2 rings (SSSR count). The molecule has 3 amide bonds. The molecule has 0 spiro atoms.